The predicted octanol–water partition coefficient (Wildman–Crippen LogP) is 2.55. The first-order valence-electron chi connectivity index (χ1n) is 6.94. The Balaban J connectivity index is 2.35. The van der Waals surface area contributed by atoms with Crippen LogP contribution < -0.4 is 5.32 Å². The summed E-state index contributed by atoms with van der Waals surface area (Å²) in [6.45, 7) is 11.5. The van der Waals surface area contributed by atoms with Crippen LogP contribution >= 0.6 is 23.5 Å². The van der Waals surface area contributed by atoms with E-state index >= 15 is 0 Å². The summed E-state index contributed by atoms with van der Waals surface area (Å²) in [6.07, 6.45) is 1.95. The molecule has 0 bridgehead atoms. The number of thioether (sulfide) groups is 2. The van der Waals surface area contributed by atoms with Crippen LogP contribution in [0.4, 0.5) is 0 Å². The minimum atomic E-state index is 0.724. The first-order valence-corrected chi connectivity index (χ1v) is 9.15. The highest BCUT2D eigenvalue weighted by Gasteiger charge is 2.24. The highest BCUT2D eigenvalue weighted by molar-refractivity contribution is 8.00. The Morgan fingerprint density at radius 3 is 3.05 bits per heavy atom. The molecule has 1 saturated heterocycles. The van der Waals surface area contributed by atoms with Crippen LogP contribution in [0.25, 0.3) is 0 Å². The molecule has 0 aliphatic carbocycles. The van der Waals surface area contributed by atoms with E-state index in [2.05, 4.69) is 47.4 Å². The van der Waals surface area contributed by atoms with Crippen LogP contribution in [0.3, 0.4) is 0 Å². The van der Waals surface area contributed by atoms with Gasteiger partial charge in [-0.1, -0.05) is 19.9 Å². The van der Waals surface area contributed by atoms with E-state index in [1.807, 2.05) is 24.9 Å². The number of guanidine groups is 1. The molecule has 1 rings (SSSR count). The molecule has 1 aliphatic heterocycles. The first kappa shape index (κ1) is 16.8. The summed E-state index contributed by atoms with van der Waals surface area (Å²) in [7, 11) is 1.88. The Morgan fingerprint density at radius 1 is 1.63 bits per heavy atom. The second-order valence-corrected chi connectivity index (χ2v) is 7.43. The molecule has 19 heavy (non-hydrogen) atoms. The summed E-state index contributed by atoms with van der Waals surface area (Å²) in [6, 6.07) is 0. The largest absolute Gasteiger partial charge is 0.355 e. The molecule has 0 radical (unpaired) electrons. The Kier molecular flexibility index (Phi) is 8.46. The fourth-order valence-corrected chi connectivity index (χ4v) is 3.88. The maximum Gasteiger partial charge on any atom is 0.193 e. The van der Waals surface area contributed by atoms with Gasteiger partial charge in [0, 0.05) is 49.2 Å². The number of hydrogen-bond donors (Lipinski definition) is 1. The monoisotopic (exact) mass is 301 g/mol. The van der Waals surface area contributed by atoms with Crippen molar-refractivity contribution >= 4 is 29.5 Å². The molecule has 0 aromatic heterocycles. The summed E-state index contributed by atoms with van der Waals surface area (Å²) in [5.41, 5.74) is 0. The third-order valence-electron chi connectivity index (χ3n) is 3.11. The van der Waals surface area contributed by atoms with E-state index in [1.165, 1.54) is 5.75 Å². The molecular weight excluding hydrogens is 274 g/mol. The molecule has 3 nitrogen and oxygen atoms in total. The minimum Gasteiger partial charge on any atom is -0.355 e. The van der Waals surface area contributed by atoms with Gasteiger partial charge in [0.15, 0.2) is 5.96 Å². The molecule has 1 unspecified atom stereocenters. The predicted molar refractivity (Wildman–Crippen MR) is 91.5 cm³/mol. The third kappa shape index (κ3) is 6.13. The van der Waals surface area contributed by atoms with Gasteiger partial charge in [-0.3, -0.25) is 4.99 Å². The average molecular weight is 302 g/mol. The second kappa shape index (κ2) is 9.59. The van der Waals surface area contributed by atoms with E-state index in [0.717, 1.165) is 48.3 Å². The Bertz CT molecular complexity index is 292. The molecule has 1 fully saturated rings. The zero-order valence-electron chi connectivity index (χ0n) is 12.4. The number of nitrogens with one attached hydrogen (secondary N) is 1. The molecule has 0 aromatic carbocycles. The fourth-order valence-electron chi connectivity index (χ4n) is 2.01. The van der Waals surface area contributed by atoms with E-state index in [1.54, 1.807) is 0 Å². The van der Waals surface area contributed by atoms with Gasteiger partial charge in [-0.05, 0) is 5.92 Å². The molecular formula is C14H27N3S2. The summed E-state index contributed by atoms with van der Waals surface area (Å²) in [5.74, 6) is 5.12. The van der Waals surface area contributed by atoms with E-state index in [9.17, 15) is 0 Å². The van der Waals surface area contributed by atoms with Crippen molar-refractivity contribution in [3.05, 3.63) is 12.7 Å². The number of nitrogens with zero attached hydrogens (tertiary/aromatic N) is 2. The van der Waals surface area contributed by atoms with Gasteiger partial charge in [0.1, 0.15) is 0 Å². The van der Waals surface area contributed by atoms with Crippen molar-refractivity contribution in [2.75, 3.05) is 43.9 Å². The zero-order valence-corrected chi connectivity index (χ0v) is 14.0. The maximum absolute atomic E-state index is 4.42. The summed E-state index contributed by atoms with van der Waals surface area (Å²) >= 11 is 4.00. The van der Waals surface area contributed by atoms with Gasteiger partial charge in [-0.15, -0.1) is 6.58 Å². The summed E-state index contributed by atoms with van der Waals surface area (Å²) in [4.78, 5) is 6.82. The van der Waals surface area contributed by atoms with Gasteiger partial charge in [-0.2, -0.15) is 23.5 Å². The van der Waals surface area contributed by atoms with Crippen LogP contribution in [0.2, 0.25) is 0 Å². The summed E-state index contributed by atoms with van der Waals surface area (Å²) < 4.78 is 0. The topological polar surface area (TPSA) is 27.6 Å². The minimum absolute atomic E-state index is 0.724. The fraction of sp³-hybridized carbons (Fsp3) is 0.786. The van der Waals surface area contributed by atoms with Gasteiger partial charge >= 0.3 is 0 Å². The van der Waals surface area contributed by atoms with Crippen LogP contribution in [0, 0.1) is 5.92 Å². The summed E-state index contributed by atoms with van der Waals surface area (Å²) in [5, 5.41) is 4.19. The standard InChI is InChI=1S/C14H27N3S2/c1-5-8-18-9-6-16-14(15-4)17-7-10-19-13(11-17)12(2)3/h5,12-13H,1,6-11H2,2-4H3,(H,15,16). The van der Waals surface area contributed by atoms with Crippen LogP contribution in [0.5, 0.6) is 0 Å². The van der Waals surface area contributed by atoms with Gasteiger partial charge in [0.05, 0.1) is 0 Å². The van der Waals surface area contributed by atoms with Crippen molar-refractivity contribution in [1.29, 1.82) is 0 Å². The van der Waals surface area contributed by atoms with Gasteiger partial charge in [0.2, 0.25) is 0 Å². The quantitative estimate of drug-likeness (QED) is 0.353. The van der Waals surface area contributed by atoms with E-state index in [4.69, 9.17) is 0 Å². The molecule has 5 heteroatoms. The third-order valence-corrected chi connectivity index (χ3v) is 5.62. The highest BCUT2D eigenvalue weighted by atomic mass is 32.2. The normalized spacial score (nSPS) is 20.7. The smallest absolute Gasteiger partial charge is 0.193 e. The van der Waals surface area contributed by atoms with Crippen molar-refractivity contribution in [2.24, 2.45) is 10.9 Å². The lowest BCUT2D eigenvalue weighted by Gasteiger charge is -2.36. The van der Waals surface area contributed by atoms with Crippen molar-refractivity contribution < 1.29 is 0 Å². The Labute approximate surface area is 126 Å². The lowest BCUT2D eigenvalue weighted by atomic mass is 10.1. The van der Waals surface area contributed by atoms with E-state index in [0.29, 0.717) is 0 Å². The molecule has 0 spiro atoms. The Morgan fingerprint density at radius 2 is 2.42 bits per heavy atom. The zero-order chi connectivity index (χ0) is 14.1. The molecule has 0 aromatic rings. The number of hydrogen-bond acceptors (Lipinski definition) is 3. The molecule has 0 saturated carbocycles. The van der Waals surface area contributed by atoms with Crippen molar-refractivity contribution in [3.8, 4) is 0 Å². The van der Waals surface area contributed by atoms with Gasteiger partial charge < -0.3 is 10.2 Å². The maximum atomic E-state index is 4.42. The van der Waals surface area contributed by atoms with Crippen molar-refractivity contribution in [3.63, 3.8) is 0 Å². The molecule has 1 N–H and O–H groups in total. The van der Waals surface area contributed by atoms with Gasteiger partial charge in [-0.25, -0.2) is 0 Å². The lowest BCUT2D eigenvalue weighted by Crippen LogP contribution is -2.49. The number of aliphatic imine (C=N–C) groups is 1. The molecule has 1 heterocycles. The first-order chi connectivity index (χ1) is 9.19. The van der Waals surface area contributed by atoms with Crippen molar-refractivity contribution in [2.45, 2.75) is 19.1 Å². The molecule has 110 valence electrons. The lowest BCUT2D eigenvalue weighted by molar-refractivity contribution is 0.382. The second-order valence-electron chi connectivity index (χ2n) is 4.94. The van der Waals surface area contributed by atoms with E-state index in [-0.39, 0.29) is 0 Å². The SMILES string of the molecule is C=CCSCCNC(=NC)N1CCSC(C(C)C)C1. The van der Waals surface area contributed by atoms with Crippen LogP contribution in [0.1, 0.15) is 13.8 Å². The van der Waals surface area contributed by atoms with Crippen LogP contribution in [0.15, 0.2) is 17.6 Å². The highest BCUT2D eigenvalue weighted by Crippen LogP contribution is 2.24. The average Bonchev–Trinajstić information content (AvgIpc) is 2.43. The van der Waals surface area contributed by atoms with Crippen LogP contribution in [-0.4, -0.2) is 60.0 Å². The molecule has 0 amide bonds. The van der Waals surface area contributed by atoms with Crippen LogP contribution in [-0.2, 0) is 0 Å². The Hall–Kier alpha value is -0.290. The number of rotatable bonds is 6. The molecule has 1 aliphatic rings. The molecule has 1 atom stereocenters. The van der Waals surface area contributed by atoms with E-state index < -0.39 is 0 Å². The van der Waals surface area contributed by atoms with Gasteiger partial charge in [0.25, 0.3) is 0 Å². The van der Waals surface area contributed by atoms with Crippen molar-refractivity contribution in [1.82, 2.24) is 10.2 Å².